The number of ether oxygens (including phenoxy) is 1. The van der Waals surface area contributed by atoms with Crippen molar-refractivity contribution in [2.24, 2.45) is 0 Å². The minimum absolute atomic E-state index is 0.0328. The van der Waals surface area contributed by atoms with Gasteiger partial charge in [-0.25, -0.2) is 9.50 Å². The van der Waals surface area contributed by atoms with Crippen LogP contribution in [-0.2, 0) is 6.54 Å². The van der Waals surface area contributed by atoms with E-state index in [0.29, 0.717) is 29.3 Å². The maximum Gasteiger partial charge on any atom is 0.296 e. The predicted octanol–water partition coefficient (Wildman–Crippen LogP) is 3.54. The van der Waals surface area contributed by atoms with E-state index in [2.05, 4.69) is 36.4 Å². The number of nitrogens with one attached hydrogen (secondary N) is 1. The van der Waals surface area contributed by atoms with E-state index in [9.17, 15) is 14.9 Å². The number of hydrogen-bond donors (Lipinski definition) is 1. The Kier molecular flexibility index (Phi) is 5.38. The molecule has 0 aliphatic carbocycles. The second-order valence-corrected chi connectivity index (χ2v) is 7.26. The lowest BCUT2D eigenvalue weighted by Crippen LogP contribution is -2.14. The highest BCUT2D eigenvalue weighted by Gasteiger charge is 2.21. The standard InChI is InChI=1S/C19H16BrN7O4/c1-3-25-10-12(20)18(24-25)15-6-7-21-17-9-14(23-26(15)17)19(28)22-13-5-4-11(31-2)8-16(13)27(29)30/h4-10H,3H2,1-2H3,(H,22,28). The Hall–Kier alpha value is -3.80. The van der Waals surface area contributed by atoms with Crippen LogP contribution in [-0.4, -0.2) is 42.3 Å². The fourth-order valence-corrected chi connectivity index (χ4v) is 3.52. The molecule has 0 saturated carbocycles. The molecule has 12 heteroatoms. The average Bonchev–Trinajstić information content (AvgIpc) is 3.37. The largest absolute Gasteiger partial charge is 0.496 e. The van der Waals surface area contributed by atoms with E-state index in [1.165, 1.54) is 35.9 Å². The Bertz CT molecular complexity index is 1310. The Morgan fingerprint density at radius 2 is 2.10 bits per heavy atom. The monoisotopic (exact) mass is 485 g/mol. The zero-order valence-corrected chi connectivity index (χ0v) is 18.0. The van der Waals surface area contributed by atoms with Crippen LogP contribution in [0.4, 0.5) is 11.4 Å². The van der Waals surface area contributed by atoms with Gasteiger partial charge in [0.25, 0.3) is 11.6 Å². The van der Waals surface area contributed by atoms with Crippen molar-refractivity contribution in [3.63, 3.8) is 0 Å². The molecule has 0 aliphatic heterocycles. The van der Waals surface area contributed by atoms with Crippen molar-refractivity contribution in [2.75, 3.05) is 12.4 Å². The number of carbonyl (C=O) groups excluding carboxylic acids is 1. The van der Waals surface area contributed by atoms with Gasteiger partial charge in [-0.1, -0.05) is 0 Å². The van der Waals surface area contributed by atoms with E-state index in [1.54, 1.807) is 16.9 Å². The highest BCUT2D eigenvalue weighted by Crippen LogP contribution is 2.30. The number of halogens is 1. The number of hydrogen-bond acceptors (Lipinski definition) is 7. The van der Waals surface area contributed by atoms with Crippen molar-refractivity contribution in [3.05, 3.63) is 63.0 Å². The van der Waals surface area contributed by atoms with E-state index >= 15 is 0 Å². The topological polar surface area (TPSA) is 129 Å². The van der Waals surface area contributed by atoms with Gasteiger partial charge in [-0.3, -0.25) is 19.6 Å². The first-order valence-electron chi connectivity index (χ1n) is 9.13. The zero-order valence-electron chi connectivity index (χ0n) is 16.4. The normalized spacial score (nSPS) is 10.9. The molecular formula is C19H16BrN7O4. The summed E-state index contributed by atoms with van der Waals surface area (Å²) in [5.74, 6) is -0.300. The maximum absolute atomic E-state index is 12.8. The van der Waals surface area contributed by atoms with Gasteiger partial charge in [-0.2, -0.15) is 10.2 Å². The summed E-state index contributed by atoms with van der Waals surface area (Å²) in [7, 11) is 1.40. The zero-order chi connectivity index (χ0) is 22.1. The average molecular weight is 486 g/mol. The summed E-state index contributed by atoms with van der Waals surface area (Å²) in [6.45, 7) is 2.67. The van der Waals surface area contributed by atoms with Crippen molar-refractivity contribution in [1.29, 1.82) is 0 Å². The third-order valence-electron chi connectivity index (χ3n) is 4.52. The number of carbonyl (C=O) groups is 1. The van der Waals surface area contributed by atoms with Crippen LogP contribution in [0.15, 0.2) is 47.2 Å². The molecule has 0 radical (unpaired) electrons. The molecule has 0 fully saturated rings. The molecule has 0 unspecified atom stereocenters. The van der Waals surface area contributed by atoms with Crippen LogP contribution in [0.5, 0.6) is 5.75 Å². The number of rotatable bonds is 6. The van der Waals surface area contributed by atoms with Crippen LogP contribution in [0.1, 0.15) is 17.4 Å². The number of benzene rings is 1. The molecule has 4 aromatic rings. The molecular weight excluding hydrogens is 470 g/mol. The van der Waals surface area contributed by atoms with Crippen LogP contribution >= 0.6 is 15.9 Å². The predicted molar refractivity (Wildman–Crippen MR) is 115 cm³/mol. The number of nitro groups is 1. The smallest absolute Gasteiger partial charge is 0.296 e. The van der Waals surface area contributed by atoms with Gasteiger partial charge in [0.2, 0.25) is 0 Å². The molecule has 3 aromatic heterocycles. The third-order valence-corrected chi connectivity index (χ3v) is 5.10. The molecule has 3 heterocycles. The lowest BCUT2D eigenvalue weighted by molar-refractivity contribution is -0.384. The first kappa shape index (κ1) is 20.5. The highest BCUT2D eigenvalue weighted by molar-refractivity contribution is 9.10. The summed E-state index contributed by atoms with van der Waals surface area (Å²) in [5.41, 5.74) is 1.52. The summed E-state index contributed by atoms with van der Waals surface area (Å²) < 4.78 is 9.06. The van der Waals surface area contributed by atoms with Crippen molar-refractivity contribution >= 4 is 38.9 Å². The van der Waals surface area contributed by atoms with Gasteiger partial charge in [0.05, 0.1) is 28.3 Å². The fourth-order valence-electron chi connectivity index (χ4n) is 3.00. The van der Waals surface area contributed by atoms with Gasteiger partial charge >= 0.3 is 0 Å². The first-order chi connectivity index (χ1) is 14.9. The fraction of sp³-hybridized carbons (Fsp3) is 0.158. The number of nitro benzene ring substituents is 1. The molecule has 4 rings (SSSR count). The van der Waals surface area contributed by atoms with Crippen molar-refractivity contribution < 1.29 is 14.5 Å². The Morgan fingerprint density at radius 1 is 1.29 bits per heavy atom. The second-order valence-electron chi connectivity index (χ2n) is 6.41. The molecule has 0 saturated heterocycles. The van der Waals surface area contributed by atoms with Crippen molar-refractivity contribution in [3.8, 4) is 17.1 Å². The van der Waals surface area contributed by atoms with Crippen LogP contribution < -0.4 is 10.1 Å². The quantitative estimate of drug-likeness (QED) is 0.326. The van der Waals surface area contributed by atoms with Crippen molar-refractivity contribution in [1.82, 2.24) is 24.4 Å². The Balaban J connectivity index is 1.71. The number of anilines is 1. The summed E-state index contributed by atoms with van der Waals surface area (Å²) in [4.78, 5) is 27.8. The number of aromatic nitrogens is 5. The van der Waals surface area contributed by atoms with E-state index in [1.807, 2.05) is 13.1 Å². The van der Waals surface area contributed by atoms with Crippen molar-refractivity contribution in [2.45, 2.75) is 13.5 Å². The Labute approximate surface area is 183 Å². The molecule has 158 valence electrons. The molecule has 31 heavy (non-hydrogen) atoms. The van der Waals surface area contributed by atoms with Gasteiger partial charge in [0.1, 0.15) is 17.1 Å². The number of methoxy groups -OCH3 is 1. The Morgan fingerprint density at radius 3 is 2.77 bits per heavy atom. The van der Waals surface area contributed by atoms with Crippen LogP contribution in [0.2, 0.25) is 0 Å². The third kappa shape index (κ3) is 3.84. The maximum atomic E-state index is 12.8. The minimum atomic E-state index is -0.608. The second kappa shape index (κ2) is 8.14. The SMILES string of the molecule is CCn1cc(Br)c(-c2ccnc3cc(C(=O)Nc4ccc(OC)cc4[N+](=O)[O-])nn23)n1. The lowest BCUT2D eigenvalue weighted by atomic mass is 10.2. The molecule has 1 N–H and O–H groups in total. The molecule has 0 atom stereocenters. The molecule has 0 spiro atoms. The molecule has 1 amide bonds. The summed E-state index contributed by atoms with van der Waals surface area (Å²) in [6, 6.07) is 7.40. The molecule has 1 aromatic carbocycles. The highest BCUT2D eigenvalue weighted by atomic mass is 79.9. The summed E-state index contributed by atoms with van der Waals surface area (Å²) in [5, 5.41) is 22.8. The van der Waals surface area contributed by atoms with E-state index in [4.69, 9.17) is 4.74 Å². The van der Waals surface area contributed by atoms with E-state index < -0.39 is 10.8 Å². The van der Waals surface area contributed by atoms with Gasteiger partial charge < -0.3 is 10.1 Å². The lowest BCUT2D eigenvalue weighted by Gasteiger charge is -2.06. The van der Waals surface area contributed by atoms with E-state index in [-0.39, 0.29) is 17.1 Å². The first-order valence-corrected chi connectivity index (χ1v) is 9.92. The van der Waals surface area contributed by atoms with Gasteiger partial charge in [0.15, 0.2) is 11.3 Å². The minimum Gasteiger partial charge on any atom is -0.496 e. The number of nitrogens with zero attached hydrogens (tertiary/aromatic N) is 6. The van der Waals surface area contributed by atoms with E-state index in [0.717, 1.165) is 4.47 Å². The molecule has 0 bridgehead atoms. The summed E-state index contributed by atoms with van der Waals surface area (Å²) >= 11 is 3.50. The van der Waals surface area contributed by atoms with Gasteiger partial charge in [0, 0.05) is 25.0 Å². The van der Waals surface area contributed by atoms with Gasteiger partial charge in [-0.15, -0.1) is 0 Å². The number of fused-ring (bicyclic) bond motifs is 1. The van der Waals surface area contributed by atoms with Crippen LogP contribution in [0, 0.1) is 10.1 Å². The molecule has 11 nitrogen and oxygen atoms in total. The van der Waals surface area contributed by atoms with Crippen LogP contribution in [0.3, 0.4) is 0 Å². The number of amides is 1. The summed E-state index contributed by atoms with van der Waals surface area (Å²) in [6.07, 6.45) is 3.45. The van der Waals surface area contributed by atoms with Crippen LogP contribution in [0.25, 0.3) is 17.0 Å². The van der Waals surface area contributed by atoms with Gasteiger partial charge in [-0.05, 0) is 41.1 Å². The number of aryl methyl sites for hydroxylation is 1. The molecule has 0 aliphatic rings.